The fourth-order valence-electron chi connectivity index (χ4n) is 1.36. The minimum absolute atomic E-state index is 0.731. The maximum Gasteiger partial charge on any atom is 0.407 e. The topological polar surface area (TPSA) is 156 Å². The van der Waals surface area contributed by atoms with Gasteiger partial charge in [-0.15, -0.1) is 0 Å². The van der Waals surface area contributed by atoms with E-state index in [-0.39, 0.29) is 0 Å². The highest BCUT2D eigenvalue weighted by Gasteiger charge is 2.29. The first-order valence-corrected chi connectivity index (χ1v) is 5.57. The minimum atomic E-state index is -2.27. The SMILES string of the molecule is O=C(O)N1CCCCC1.O=C(O)[C@H](O)[C@@H](O)C(=O)O. The average molecular weight is 279 g/mol. The summed E-state index contributed by atoms with van der Waals surface area (Å²) in [5, 5.41) is 41.0. The van der Waals surface area contributed by atoms with Crippen LogP contribution in [0, 0.1) is 0 Å². The summed E-state index contributed by atoms with van der Waals surface area (Å²) < 4.78 is 0. The molecule has 2 atom stereocenters. The van der Waals surface area contributed by atoms with Crippen LogP contribution in [0.25, 0.3) is 0 Å². The molecule has 0 aromatic rings. The number of nitrogens with zero attached hydrogens (tertiary/aromatic N) is 1. The van der Waals surface area contributed by atoms with Gasteiger partial charge in [-0.05, 0) is 19.3 Å². The molecule has 1 aliphatic rings. The van der Waals surface area contributed by atoms with Gasteiger partial charge in [-0.25, -0.2) is 14.4 Å². The monoisotopic (exact) mass is 279 g/mol. The smallest absolute Gasteiger partial charge is 0.407 e. The van der Waals surface area contributed by atoms with Crippen molar-refractivity contribution >= 4 is 18.0 Å². The average Bonchev–Trinajstić information content (AvgIpc) is 2.38. The van der Waals surface area contributed by atoms with Crippen LogP contribution < -0.4 is 0 Å². The normalized spacial score (nSPS) is 17.7. The van der Waals surface area contributed by atoms with Crippen molar-refractivity contribution in [3.8, 4) is 0 Å². The number of carboxylic acid groups (broad SMARTS) is 3. The van der Waals surface area contributed by atoms with Crippen LogP contribution in [0.1, 0.15) is 19.3 Å². The highest BCUT2D eigenvalue weighted by atomic mass is 16.4. The molecule has 0 saturated carbocycles. The number of aliphatic hydroxyl groups is 2. The lowest BCUT2D eigenvalue weighted by Crippen LogP contribution is -2.39. The standard InChI is InChI=1S/C6H11NO2.C4H6O6/c8-6(9)7-4-2-1-3-5-7;5-1(3(7)8)2(6)4(9)10/h1-5H2,(H,8,9);1-2,5-6H,(H,7,8)(H,9,10)/t;1-,2-/m.1/s1. The Morgan fingerprint density at radius 3 is 1.37 bits per heavy atom. The fourth-order valence-corrected chi connectivity index (χ4v) is 1.36. The van der Waals surface area contributed by atoms with Crippen molar-refractivity contribution in [3.05, 3.63) is 0 Å². The van der Waals surface area contributed by atoms with Gasteiger partial charge in [0, 0.05) is 13.1 Å². The second-order valence-corrected chi connectivity index (χ2v) is 3.90. The van der Waals surface area contributed by atoms with Gasteiger partial charge in [0.05, 0.1) is 0 Å². The molecule has 1 amide bonds. The van der Waals surface area contributed by atoms with Crippen molar-refractivity contribution in [2.45, 2.75) is 31.5 Å². The van der Waals surface area contributed by atoms with Crippen LogP contribution in [0.15, 0.2) is 0 Å². The number of piperidine rings is 1. The summed E-state index contributed by atoms with van der Waals surface area (Å²) in [4.78, 5) is 31.3. The molecule has 9 nitrogen and oxygen atoms in total. The molecular weight excluding hydrogens is 262 g/mol. The van der Waals surface area contributed by atoms with Crippen LogP contribution in [0.2, 0.25) is 0 Å². The maximum absolute atomic E-state index is 10.3. The van der Waals surface area contributed by atoms with Gasteiger partial charge in [0.1, 0.15) is 0 Å². The fraction of sp³-hybridized carbons (Fsp3) is 0.700. The zero-order valence-electron chi connectivity index (χ0n) is 10.1. The number of carboxylic acids is 2. The highest BCUT2D eigenvalue weighted by Crippen LogP contribution is 2.07. The number of aliphatic carboxylic acids is 2. The molecule has 9 heteroatoms. The molecule has 110 valence electrons. The number of amides is 1. The summed E-state index contributed by atoms with van der Waals surface area (Å²) >= 11 is 0. The van der Waals surface area contributed by atoms with Crippen molar-refractivity contribution in [1.29, 1.82) is 0 Å². The first-order valence-electron chi connectivity index (χ1n) is 5.57. The van der Waals surface area contributed by atoms with E-state index in [2.05, 4.69) is 0 Å². The van der Waals surface area contributed by atoms with Gasteiger partial charge in [0.25, 0.3) is 0 Å². The van der Waals surface area contributed by atoms with E-state index in [4.69, 9.17) is 25.5 Å². The Labute approximate surface area is 108 Å². The van der Waals surface area contributed by atoms with Crippen LogP contribution in [-0.4, -0.2) is 73.8 Å². The summed E-state index contributed by atoms with van der Waals surface area (Å²) in [7, 11) is 0. The zero-order chi connectivity index (χ0) is 15.0. The Morgan fingerprint density at radius 2 is 1.16 bits per heavy atom. The molecule has 0 radical (unpaired) electrons. The number of carbonyl (C=O) groups is 3. The number of rotatable bonds is 3. The summed E-state index contributed by atoms with van der Waals surface area (Å²) in [5.41, 5.74) is 0. The largest absolute Gasteiger partial charge is 0.479 e. The molecule has 0 spiro atoms. The van der Waals surface area contributed by atoms with Gasteiger partial charge < -0.3 is 30.4 Å². The number of hydrogen-bond acceptors (Lipinski definition) is 5. The Bertz CT molecular complexity index is 307. The predicted octanol–water partition coefficient (Wildman–Crippen LogP) is -0.972. The zero-order valence-corrected chi connectivity index (χ0v) is 10.1. The van der Waals surface area contributed by atoms with E-state index in [1.54, 1.807) is 0 Å². The number of hydrogen-bond donors (Lipinski definition) is 5. The van der Waals surface area contributed by atoms with Crippen molar-refractivity contribution in [1.82, 2.24) is 4.90 Å². The molecular formula is C10H17NO8. The van der Waals surface area contributed by atoms with Gasteiger partial charge in [0.15, 0.2) is 12.2 Å². The van der Waals surface area contributed by atoms with Crippen LogP contribution in [0.4, 0.5) is 4.79 Å². The van der Waals surface area contributed by atoms with Crippen LogP contribution >= 0.6 is 0 Å². The van der Waals surface area contributed by atoms with E-state index in [9.17, 15) is 14.4 Å². The van der Waals surface area contributed by atoms with E-state index in [0.717, 1.165) is 25.9 Å². The molecule has 1 rings (SSSR count). The van der Waals surface area contributed by atoms with E-state index in [1.807, 2.05) is 0 Å². The molecule has 0 unspecified atom stereocenters. The first kappa shape index (κ1) is 17.1. The minimum Gasteiger partial charge on any atom is -0.479 e. The lowest BCUT2D eigenvalue weighted by atomic mass is 10.1. The second-order valence-electron chi connectivity index (χ2n) is 3.90. The summed E-state index contributed by atoms with van der Waals surface area (Å²) in [6.45, 7) is 1.46. The third kappa shape index (κ3) is 6.58. The predicted molar refractivity (Wildman–Crippen MR) is 60.7 cm³/mol. The molecule has 1 heterocycles. The molecule has 0 aromatic heterocycles. The van der Waals surface area contributed by atoms with E-state index in [1.165, 1.54) is 11.3 Å². The maximum atomic E-state index is 10.3. The number of likely N-dealkylation sites (tertiary alicyclic amines) is 1. The van der Waals surface area contributed by atoms with Crippen molar-refractivity contribution in [3.63, 3.8) is 0 Å². The van der Waals surface area contributed by atoms with Gasteiger partial charge in [-0.3, -0.25) is 0 Å². The van der Waals surface area contributed by atoms with Gasteiger partial charge in [0.2, 0.25) is 0 Å². The first-order chi connectivity index (χ1) is 8.77. The van der Waals surface area contributed by atoms with Gasteiger partial charge >= 0.3 is 18.0 Å². The van der Waals surface area contributed by atoms with Crippen LogP contribution in [0.3, 0.4) is 0 Å². The molecule has 1 aliphatic heterocycles. The molecule has 0 aliphatic carbocycles. The summed E-state index contributed by atoms with van der Waals surface area (Å²) in [6.07, 6.45) is -2.05. The lowest BCUT2D eigenvalue weighted by Gasteiger charge is -2.22. The van der Waals surface area contributed by atoms with E-state index in [0.29, 0.717) is 0 Å². The summed E-state index contributed by atoms with van der Waals surface area (Å²) in [5.74, 6) is -3.54. The van der Waals surface area contributed by atoms with Crippen molar-refractivity contribution in [2.24, 2.45) is 0 Å². The van der Waals surface area contributed by atoms with Crippen molar-refractivity contribution < 1.29 is 39.9 Å². The molecule has 1 saturated heterocycles. The molecule has 1 fully saturated rings. The van der Waals surface area contributed by atoms with Gasteiger partial charge in [-0.2, -0.15) is 0 Å². The highest BCUT2D eigenvalue weighted by molar-refractivity contribution is 5.83. The van der Waals surface area contributed by atoms with Crippen LogP contribution in [0.5, 0.6) is 0 Å². The Balaban J connectivity index is 0.000000342. The summed E-state index contributed by atoms with van der Waals surface area (Å²) in [6, 6.07) is 0. The van der Waals surface area contributed by atoms with Gasteiger partial charge in [-0.1, -0.05) is 0 Å². The van der Waals surface area contributed by atoms with E-state index < -0.39 is 30.2 Å². The molecule has 0 bridgehead atoms. The lowest BCUT2D eigenvalue weighted by molar-refractivity contribution is -0.165. The van der Waals surface area contributed by atoms with E-state index >= 15 is 0 Å². The second kappa shape index (κ2) is 8.27. The Morgan fingerprint density at radius 1 is 0.789 bits per heavy atom. The molecule has 5 N–H and O–H groups in total. The quantitative estimate of drug-likeness (QED) is 0.441. The third-order valence-corrected chi connectivity index (χ3v) is 2.43. The van der Waals surface area contributed by atoms with Crippen LogP contribution in [-0.2, 0) is 9.59 Å². The Kier molecular flexibility index (Phi) is 7.46. The number of aliphatic hydroxyl groups excluding tert-OH is 2. The Hall–Kier alpha value is -1.87. The third-order valence-electron chi connectivity index (χ3n) is 2.43. The van der Waals surface area contributed by atoms with Crippen molar-refractivity contribution in [2.75, 3.05) is 13.1 Å². The molecule has 19 heavy (non-hydrogen) atoms. The molecule has 0 aromatic carbocycles.